The first kappa shape index (κ1) is 12.5. The van der Waals surface area contributed by atoms with Gasteiger partial charge in [0, 0.05) is 0 Å². The van der Waals surface area contributed by atoms with Gasteiger partial charge in [0.05, 0.1) is 14.2 Å². The van der Waals surface area contributed by atoms with E-state index in [9.17, 15) is 13.2 Å². The van der Waals surface area contributed by atoms with Crippen molar-refractivity contribution in [2.75, 3.05) is 0 Å². The van der Waals surface area contributed by atoms with E-state index < -0.39 is 12.1 Å². The summed E-state index contributed by atoms with van der Waals surface area (Å²) >= 11 is 4.60. The number of hydrogen-bond acceptors (Lipinski definition) is 3. The van der Waals surface area contributed by atoms with Crippen LogP contribution in [0.2, 0.25) is 0 Å². The zero-order chi connectivity index (χ0) is 11.6. The predicted molar refractivity (Wildman–Crippen MR) is 56.1 cm³/mol. The van der Waals surface area contributed by atoms with E-state index >= 15 is 0 Å². The minimum Gasteiger partial charge on any atom is -0.403 e. The number of ether oxygens (including phenoxy) is 1. The van der Waals surface area contributed by atoms with Crippen molar-refractivity contribution in [1.29, 1.82) is 5.26 Å². The van der Waals surface area contributed by atoms with Crippen molar-refractivity contribution in [3.63, 3.8) is 0 Å². The first-order valence-electron chi connectivity index (χ1n) is 3.35. The highest BCUT2D eigenvalue weighted by Gasteiger charge is 2.32. The Bertz CT molecular complexity index is 429. The molecule has 0 unspecified atom stereocenters. The molecule has 0 aliphatic carbocycles. The predicted octanol–water partition coefficient (Wildman–Crippen LogP) is 3.22. The van der Waals surface area contributed by atoms with Crippen LogP contribution in [0.3, 0.4) is 0 Å². The Labute approximate surface area is 105 Å². The van der Waals surface area contributed by atoms with Crippen LogP contribution >= 0.6 is 38.5 Å². The van der Waals surface area contributed by atoms with Crippen LogP contribution in [0.4, 0.5) is 13.2 Å². The molecule has 0 aliphatic rings. The lowest BCUT2D eigenvalue weighted by Crippen LogP contribution is -2.18. The van der Waals surface area contributed by atoms with Crippen molar-refractivity contribution in [2.45, 2.75) is 6.36 Å². The normalized spacial score (nSPS) is 10.9. The lowest BCUT2D eigenvalue weighted by Gasteiger charge is -2.10. The molecule has 1 aromatic rings. The van der Waals surface area contributed by atoms with E-state index in [1.54, 1.807) is 28.7 Å². The van der Waals surface area contributed by atoms with E-state index in [1.807, 2.05) is 0 Å². The van der Waals surface area contributed by atoms with Crippen molar-refractivity contribution in [3.05, 3.63) is 19.9 Å². The Hall–Kier alpha value is -0.560. The molecule has 0 N–H and O–H groups in total. The number of hydrogen-bond donors (Lipinski definition) is 0. The van der Waals surface area contributed by atoms with E-state index in [1.165, 1.54) is 0 Å². The summed E-state index contributed by atoms with van der Waals surface area (Å²) < 4.78 is 39.7. The Morgan fingerprint density at radius 2 is 2.13 bits per heavy atom. The molecule has 0 radical (unpaired) electrons. The van der Waals surface area contributed by atoms with Crippen LogP contribution in [0.15, 0.2) is 10.7 Å². The lowest BCUT2D eigenvalue weighted by molar-refractivity contribution is -0.275. The summed E-state index contributed by atoms with van der Waals surface area (Å²) in [7, 11) is 0. The summed E-state index contributed by atoms with van der Waals surface area (Å²) in [6, 6.07) is 1.74. The third-order valence-electron chi connectivity index (χ3n) is 1.26. The first-order chi connectivity index (χ1) is 6.85. The quantitative estimate of drug-likeness (QED) is 0.689. The zero-order valence-electron chi connectivity index (χ0n) is 6.77. The molecule has 8 heteroatoms. The van der Waals surface area contributed by atoms with Crippen LogP contribution in [0.1, 0.15) is 5.69 Å². The van der Waals surface area contributed by atoms with Gasteiger partial charge in [0.2, 0.25) is 0 Å². The number of halogens is 5. The molecule has 0 aromatic carbocycles. The van der Waals surface area contributed by atoms with E-state index in [2.05, 4.69) is 25.7 Å². The second-order valence-electron chi connectivity index (χ2n) is 2.26. The maximum Gasteiger partial charge on any atom is 0.573 e. The standard InChI is InChI=1S/C7HBrF3IN2O/c8-5-4(15-7(9,10)11)2-14-3(1-13)6(5)12/h2H. The molecule has 0 aliphatic heterocycles. The van der Waals surface area contributed by atoms with E-state index in [-0.39, 0.29) is 13.7 Å². The van der Waals surface area contributed by atoms with Gasteiger partial charge in [0.25, 0.3) is 0 Å². The van der Waals surface area contributed by atoms with Gasteiger partial charge in [-0.2, -0.15) is 5.26 Å². The van der Waals surface area contributed by atoms with E-state index in [4.69, 9.17) is 5.26 Å². The fraction of sp³-hybridized carbons (Fsp3) is 0.143. The Kier molecular flexibility index (Phi) is 3.77. The van der Waals surface area contributed by atoms with Gasteiger partial charge in [-0.3, -0.25) is 0 Å². The third kappa shape index (κ3) is 3.20. The highest BCUT2D eigenvalue weighted by atomic mass is 127. The average Bonchev–Trinajstić information content (AvgIpc) is 2.11. The summed E-state index contributed by atoms with van der Waals surface area (Å²) in [5.74, 6) is -0.467. The highest BCUT2D eigenvalue weighted by molar-refractivity contribution is 14.1. The Morgan fingerprint density at radius 3 is 2.60 bits per heavy atom. The molecule has 15 heavy (non-hydrogen) atoms. The molecular weight excluding hydrogens is 392 g/mol. The summed E-state index contributed by atoms with van der Waals surface area (Å²) in [5, 5.41) is 8.57. The molecule has 1 rings (SSSR count). The highest BCUT2D eigenvalue weighted by Crippen LogP contribution is 2.33. The maximum atomic E-state index is 11.9. The first-order valence-corrected chi connectivity index (χ1v) is 5.22. The van der Waals surface area contributed by atoms with Gasteiger partial charge in [0.1, 0.15) is 6.07 Å². The number of pyridine rings is 1. The smallest absolute Gasteiger partial charge is 0.403 e. The maximum absolute atomic E-state index is 11.9. The molecule has 1 heterocycles. The SMILES string of the molecule is N#Cc1ncc(OC(F)(F)F)c(Br)c1I. The molecule has 0 spiro atoms. The van der Waals surface area contributed by atoms with Gasteiger partial charge in [-0.15, -0.1) is 13.2 Å². The van der Waals surface area contributed by atoms with Crippen molar-refractivity contribution in [3.8, 4) is 11.8 Å². The molecule has 80 valence electrons. The van der Waals surface area contributed by atoms with Crippen LogP contribution in [0.5, 0.6) is 5.75 Å². The number of nitriles is 1. The molecule has 1 aromatic heterocycles. The molecule has 0 bridgehead atoms. The van der Waals surface area contributed by atoms with Crippen molar-refractivity contribution in [1.82, 2.24) is 4.98 Å². The number of aromatic nitrogens is 1. The summed E-state index contributed by atoms with van der Waals surface area (Å²) in [4.78, 5) is 3.52. The number of alkyl halides is 3. The molecule has 0 saturated heterocycles. The van der Waals surface area contributed by atoms with Crippen molar-refractivity contribution in [2.24, 2.45) is 0 Å². The molecule has 0 amide bonds. The van der Waals surface area contributed by atoms with Gasteiger partial charge in [0.15, 0.2) is 11.4 Å². The largest absolute Gasteiger partial charge is 0.573 e. The van der Waals surface area contributed by atoms with Gasteiger partial charge in [-0.05, 0) is 38.5 Å². The molecule has 3 nitrogen and oxygen atoms in total. The van der Waals surface area contributed by atoms with Crippen molar-refractivity contribution < 1.29 is 17.9 Å². The second-order valence-corrected chi connectivity index (χ2v) is 4.13. The van der Waals surface area contributed by atoms with Crippen LogP contribution in [0.25, 0.3) is 0 Å². The Morgan fingerprint density at radius 1 is 1.53 bits per heavy atom. The van der Waals surface area contributed by atoms with Crippen LogP contribution in [0, 0.1) is 14.9 Å². The topological polar surface area (TPSA) is 45.9 Å². The monoisotopic (exact) mass is 392 g/mol. The second kappa shape index (κ2) is 4.52. The lowest BCUT2D eigenvalue weighted by atomic mass is 10.4. The number of rotatable bonds is 1. The zero-order valence-corrected chi connectivity index (χ0v) is 10.5. The minimum absolute atomic E-state index is 0.0389. The van der Waals surface area contributed by atoms with Crippen LogP contribution in [-0.4, -0.2) is 11.3 Å². The molecule has 0 saturated carbocycles. The van der Waals surface area contributed by atoms with Crippen LogP contribution in [-0.2, 0) is 0 Å². The molecule has 0 fully saturated rings. The summed E-state index contributed by atoms with van der Waals surface area (Å²) in [6.45, 7) is 0. The third-order valence-corrected chi connectivity index (χ3v) is 3.84. The fourth-order valence-electron chi connectivity index (χ4n) is 0.722. The van der Waals surface area contributed by atoms with E-state index in [0.717, 1.165) is 6.20 Å². The van der Waals surface area contributed by atoms with Gasteiger partial charge in [-0.1, -0.05) is 0 Å². The number of nitrogens with zero attached hydrogens (tertiary/aromatic N) is 2. The fourth-order valence-corrected chi connectivity index (χ4v) is 1.62. The summed E-state index contributed by atoms with van der Waals surface area (Å²) in [5.41, 5.74) is 0.0389. The summed E-state index contributed by atoms with van der Waals surface area (Å²) in [6.07, 6.45) is -3.93. The van der Waals surface area contributed by atoms with Crippen LogP contribution < -0.4 is 4.74 Å². The van der Waals surface area contributed by atoms with Crippen molar-refractivity contribution >= 4 is 38.5 Å². The molecular formula is C7HBrF3IN2O. The minimum atomic E-state index is -4.78. The molecule has 0 atom stereocenters. The van der Waals surface area contributed by atoms with Gasteiger partial charge >= 0.3 is 6.36 Å². The van der Waals surface area contributed by atoms with Gasteiger partial charge in [-0.25, -0.2) is 4.98 Å². The average molecular weight is 393 g/mol. The Balaban J connectivity index is 3.14. The van der Waals surface area contributed by atoms with Gasteiger partial charge < -0.3 is 4.74 Å². The van der Waals surface area contributed by atoms with E-state index in [0.29, 0.717) is 0 Å².